The molecule has 6 heteroatoms. The highest BCUT2D eigenvalue weighted by molar-refractivity contribution is 7.74. The van der Waals surface area contributed by atoms with E-state index < -0.39 is 17.4 Å². The number of hydrogen-bond donors (Lipinski definition) is 1. The molecule has 0 radical (unpaired) electrons. The van der Waals surface area contributed by atoms with E-state index in [1.165, 1.54) is 12.8 Å². The van der Waals surface area contributed by atoms with Crippen molar-refractivity contribution in [1.29, 1.82) is 0 Å². The molecule has 1 N–H and O–H groups in total. The molecule has 0 bridgehead atoms. The Bertz CT molecular complexity index is 236. The summed E-state index contributed by atoms with van der Waals surface area (Å²) in [5.74, 6) is 0.00875. The van der Waals surface area contributed by atoms with Gasteiger partial charge in [-0.05, 0) is 13.5 Å². The van der Waals surface area contributed by atoms with E-state index in [1.54, 1.807) is 7.05 Å². The van der Waals surface area contributed by atoms with E-state index in [-0.39, 0.29) is 12.4 Å². The van der Waals surface area contributed by atoms with E-state index in [1.807, 2.05) is 0 Å². The number of likely N-dealkylation sites (N-methyl/N-ethyl adjacent to an activating group) is 1. The van der Waals surface area contributed by atoms with Gasteiger partial charge in [-0.2, -0.15) is 0 Å². The molecular weight excluding hydrogens is 242 g/mol. The summed E-state index contributed by atoms with van der Waals surface area (Å²) in [6, 6.07) is -0.529. The number of carbonyl (C=O) groups is 1. The van der Waals surface area contributed by atoms with Crippen molar-refractivity contribution in [3.8, 4) is 0 Å². The minimum absolute atomic E-state index is 0.00875. The Morgan fingerprint density at radius 2 is 2.00 bits per heavy atom. The standard InChI is InChI=1S/C11H23NO4S/c1-3-4-5-6-7-8-11(13)10(12-2)9-16-17(14)15/h10,12H,3-9H2,1-2H3,(H,14,15)/p-1. The quantitative estimate of drug-likeness (QED) is 0.450. The number of hydrogen-bond acceptors (Lipinski definition) is 5. The molecule has 0 heterocycles. The Morgan fingerprint density at radius 1 is 1.35 bits per heavy atom. The summed E-state index contributed by atoms with van der Waals surface area (Å²) in [6.45, 7) is 2.02. The Morgan fingerprint density at radius 3 is 2.53 bits per heavy atom. The topological polar surface area (TPSA) is 78.5 Å². The van der Waals surface area contributed by atoms with Crippen LogP contribution in [0.5, 0.6) is 0 Å². The second-order valence-corrected chi connectivity index (χ2v) is 4.60. The van der Waals surface area contributed by atoms with Crippen LogP contribution in [0.25, 0.3) is 0 Å². The van der Waals surface area contributed by atoms with Crippen molar-refractivity contribution < 1.29 is 17.7 Å². The summed E-state index contributed by atoms with van der Waals surface area (Å²) >= 11 is -2.56. The predicted octanol–water partition coefficient (Wildman–Crippen LogP) is 1.31. The number of rotatable bonds is 11. The average Bonchev–Trinajstić information content (AvgIpc) is 2.29. The minimum Gasteiger partial charge on any atom is -0.750 e. The third-order valence-electron chi connectivity index (χ3n) is 2.59. The van der Waals surface area contributed by atoms with Crippen LogP contribution in [0.3, 0.4) is 0 Å². The van der Waals surface area contributed by atoms with Gasteiger partial charge in [-0.25, -0.2) is 4.21 Å². The molecule has 0 amide bonds. The monoisotopic (exact) mass is 264 g/mol. The number of nitrogens with one attached hydrogen (secondary N) is 1. The van der Waals surface area contributed by atoms with Gasteiger partial charge in [0, 0.05) is 6.42 Å². The number of carbonyl (C=O) groups excluding carboxylic acids is 1. The zero-order chi connectivity index (χ0) is 13.1. The summed E-state index contributed by atoms with van der Waals surface area (Å²) in [6.07, 6.45) is 5.90. The molecule has 0 aromatic heterocycles. The maximum atomic E-state index is 11.7. The summed E-state index contributed by atoms with van der Waals surface area (Å²) in [5.41, 5.74) is 0. The second-order valence-electron chi connectivity index (χ2n) is 3.96. The van der Waals surface area contributed by atoms with E-state index in [0.29, 0.717) is 6.42 Å². The van der Waals surface area contributed by atoms with Crippen LogP contribution in [0.1, 0.15) is 45.4 Å². The van der Waals surface area contributed by atoms with Crippen molar-refractivity contribution in [1.82, 2.24) is 5.32 Å². The zero-order valence-electron chi connectivity index (χ0n) is 10.6. The van der Waals surface area contributed by atoms with Gasteiger partial charge in [0.25, 0.3) is 0 Å². The molecule has 0 aliphatic rings. The molecule has 0 aliphatic heterocycles. The lowest BCUT2D eigenvalue weighted by atomic mass is 10.1. The van der Waals surface area contributed by atoms with E-state index in [4.69, 9.17) is 0 Å². The first-order valence-corrected chi connectivity index (χ1v) is 7.04. The Balaban J connectivity index is 3.72. The van der Waals surface area contributed by atoms with Crippen LogP contribution in [0.2, 0.25) is 0 Å². The largest absolute Gasteiger partial charge is 0.750 e. The van der Waals surface area contributed by atoms with Gasteiger partial charge in [-0.15, -0.1) is 0 Å². The van der Waals surface area contributed by atoms with Crippen LogP contribution in [-0.4, -0.2) is 34.2 Å². The third kappa shape index (κ3) is 9.41. The highest BCUT2D eigenvalue weighted by Gasteiger charge is 2.15. The van der Waals surface area contributed by atoms with Crippen molar-refractivity contribution >= 4 is 17.1 Å². The van der Waals surface area contributed by atoms with E-state index in [2.05, 4.69) is 16.4 Å². The fourth-order valence-corrected chi connectivity index (χ4v) is 1.79. The molecule has 17 heavy (non-hydrogen) atoms. The maximum Gasteiger partial charge on any atom is 0.152 e. The number of unbranched alkanes of at least 4 members (excludes halogenated alkanes) is 4. The van der Waals surface area contributed by atoms with Crippen molar-refractivity contribution in [3.05, 3.63) is 0 Å². The molecule has 0 saturated heterocycles. The molecule has 102 valence electrons. The molecule has 0 aromatic rings. The van der Waals surface area contributed by atoms with Crippen molar-refractivity contribution in [3.63, 3.8) is 0 Å². The van der Waals surface area contributed by atoms with Gasteiger partial charge in [-0.1, -0.05) is 32.6 Å². The molecule has 0 saturated carbocycles. The van der Waals surface area contributed by atoms with E-state index >= 15 is 0 Å². The van der Waals surface area contributed by atoms with E-state index in [9.17, 15) is 13.6 Å². The van der Waals surface area contributed by atoms with Crippen LogP contribution in [0.15, 0.2) is 0 Å². The predicted molar refractivity (Wildman–Crippen MR) is 66.1 cm³/mol. The smallest absolute Gasteiger partial charge is 0.152 e. The van der Waals surface area contributed by atoms with Gasteiger partial charge in [0.05, 0.1) is 24.0 Å². The second kappa shape index (κ2) is 10.8. The van der Waals surface area contributed by atoms with Crippen molar-refractivity contribution in [2.45, 2.75) is 51.5 Å². The zero-order valence-corrected chi connectivity index (χ0v) is 11.4. The summed E-state index contributed by atoms with van der Waals surface area (Å²) in [4.78, 5) is 11.7. The molecule has 2 atom stereocenters. The first kappa shape index (κ1) is 16.7. The van der Waals surface area contributed by atoms with Gasteiger partial charge in [0.15, 0.2) is 5.78 Å². The molecule has 0 rings (SSSR count). The van der Waals surface area contributed by atoms with Gasteiger partial charge in [-0.3, -0.25) is 8.98 Å². The lowest BCUT2D eigenvalue weighted by molar-refractivity contribution is -0.121. The fourth-order valence-electron chi connectivity index (χ4n) is 1.54. The normalized spacial score (nSPS) is 14.5. The molecule has 0 aromatic carbocycles. The third-order valence-corrected chi connectivity index (χ3v) is 2.92. The fraction of sp³-hybridized carbons (Fsp3) is 0.909. The average molecular weight is 264 g/mol. The summed E-state index contributed by atoms with van der Waals surface area (Å²) in [7, 11) is 1.62. The molecule has 0 fully saturated rings. The highest BCUT2D eigenvalue weighted by Crippen LogP contribution is 2.06. The molecule has 0 aliphatic carbocycles. The van der Waals surface area contributed by atoms with Gasteiger partial charge < -0.3 is 9.87 Å². The van der Waals surface area contributed by atoms with Crippen molar-refractivity contribution in [2.24, 2.45) is 0 Å². The van der Waals surface area contributed by atoms with Gasteiger partial charge in [0.1, 0.15) is 0 Å². The van der Waals surface area contributed by atoms with E-state index in [0.717, 1.165) is 19.3 Å². The van der Waals surface area contributed by atoms with Crippen LogP contribution in [0, 0.1) is 0 Å². The molecule has 0 spiro atoms. The van der Waals surface area contributed by atoms with Crippen LogP contribution < -0.4 is 5.32 Å². The Hall–Kier alpha value is -0.300. The van der Waals surface area contributed by atoms with Crippen molar-refractivity contribution in [2.75, 3.05) is 13.7 Å². The maximum absolute atomic E-state index is 11.7. The molecular formula is C11H22NO4S-. The first-order valence-electron chi connectivity index (χ1n) is 6.04. The van der Waals surface area contributed by atoms with Crippen LogP contribution in [0.4, 0.5) is 0 Å². The lowest BCUT2D eigenvalue weighted by Crippen LogP contribution is -2.38. The molecule has 2 unspecified atom stereocenters. The number of Topliss-reactive ketones (excluding diaryl/α,β-unsaturated/α-hetero) is 1. The summed E-state index contributed by atoms with van der Waals surface area (Å²) in [5, 5.41) is 2.76. The van der Waals surface area contributed by atoms with Crippen LogP contribution in [-0.2, 0) is 20.3 Å². The minimum atomic E-state index is -2.56. The number of ketones is 1. The van der Waals surface area contributed by atoms with Gasteiger partial charge >= 0.3 is 0 Å². The molecule has 5 nitrogen and oxygen atoms in total. The lowest BCUT2D eigenvalue weighted by Gasteiger charge is -2.15. The SMILES string of the molecule is CCCCCCCC(=O)C(COS(=O)[O-])NC. The summed E-state index contributed by atoms with van der Waals surface area (Å²) < 4.78 is 24.8. The Labute approximate surface area is 106 Å². The Kier molecular flexibility index (Phi) is 10.6. The first-order chi connectivity index (χ1) is 8.11. The van der Waals surface area contributed by atoms with Gasteiger partial charge in [0.2, 0.25) is 0 Å². The van der Waals surface area contributed by atoms with Crippen LogP contribution >= 0.6 is 0 Å². The highest BCUT2D eigenvalue weighted by atomic mass is 32.2.